The molecule has 0 aromatic heterocycles. The van der Waals surface area contributed by atoms with E-state index in [9.17, 15) is 14.4 Å². The van der Waals surface area contributed by atoms with Gasteiger partial charge in [0.2, 0.25) is 11.8 Å². The van der Waals surface area contributed by atoms with E-state index in [0.717, 1.165) is 27.9 Å². The number of hydrogen-bond acceptors (Lipinski definition) is 4. The van der Waals surface area contributed by atoms with Gasteiger partial charge in [0.15, 0.2) is 0 Å². The summed E-state index contributed by atoms with van der Waals surface area (Å²) < 4.78 is 0. The largest absolute Gasteiger partial charge is 0.388 e. The minimum Gasteiger partial charge on any atom is -0.388 e. The van der Waals surface area contributed by atoms with E-state index >= 15 is 0 Å². The SMILES string of the molecule is CNc1c(C)c(C)c(C)c2c1CN(C1C(=O)NC(=O)CC1C)C2=O. The molecule has 2 aliphatic heterocycles. The fraction of sp³-hybridized carbons (Fsp3) is 0.500. The molecule has 0 spiro atoms. The van der Waals surface area contributed by atoms with E-state index in [1.54, 1.807) is 4.90 Å². The Balaban J connectivity index is 2.07. The number of anilines is 1. The summed E-state index contributed by atoms with van der Waals surface area (Å²) in [7, 11) is 1.85. The molecule has 0 radical (unpaired) electrons. The Bertz CT molecular complexity index is 770. The summed E-state index contributed by atoms with van der Waals surface area (Å²) in [5, 5.41) is 5.57. The van der Waals surface area contributed by atoms with Crippen molar-refractivity contribution in [2.45, 2.75) is 46.7 Å². The normalized spacial score (nSPS) is 23.4. The van der Waals surface area contributed by atoms with Crippen LogP contribution < -0.4 is 10.6 Å². The highest BCUT2D eigenvalue weighted by atomic mass is 16.2. The van der Waals surface area contributed by atoms with Crippen molar-refractivity contribution < 1.29 is 14.4 Å². The first-order valence-corrected chi connectivity index (χ1v) is 8.23. The quantitative estimate of drug-likeness (QED) is 0.809. The summed E-state index contributed by atoms with van der Waals surface area (Å²) >= 11 is 0. The zero-order valence-corrected chi connectivity index (χ0v) is 14.7. The van der Waals surface area contributed by atoms with Gasteiger partial charge in [0, 0.05) is 36.8 Å². The van der Waals surface area contributed by atoms with Crippen LogP contribution in [-0.2, 0) is 16.1 Å². The maximum atomic E-state index is 13.1. The van der Waals surface area contributed by atoms with Crippen LogP contribution in [0, 0.1) is 26.7 Å². The monoisotopic (exact) mass is 329 g/mol. The number of carbonyl (C=O) groups is 3. The number of hydrogen-bond donors (Lipinski definition) is 2. The number of imide groups is 1. The second-order valence-electron chi connectivity index (χ2n) is 6.83. The number of nitrogens with zero attached hydrogens (tertiary/aromatic N) is 1. The molecule has 2 atom stereocenters. The predicted molar refractivity (Wildman–Crippen MR) is 90.8 cm³/mol. The molecule has 0 saturated carbocycles. The average Bonchev–Trinajstić information content (AvgIpc) is 2.82. The molecule has 6 heteroatoms. The van der Waals surface area contributed by atoms with E-state index in [-0.39, 0.29) is 30.1 Å². The van der Waals surface area contributed by atoms with Crippen molar-refractivity contribution in [3.05, 3.63) is 27.8 Å². The van der Waals surface area contributed by atoms with Crippen molar-refractivity contribution in [1.82, 2.24) is 10.2 Å². The topological polar surface area (TPSA) is 78.5 Å². The maximum absolute atomic E-state index is 13.1. The smallest absolute Gasteiger partial charge is 0.255 e. The summed E-state index contributed by atoms with van der Waals surface area (Å²) in [6.07, 6.45) is 0.256. The fourth-order valence-electron chi connectivity index (χ4n) is 4.00. The molecule has 3 rings (SSSR count). The van der Waals surface area contributed by atoms with Gasteiger partial charge in [-0.1, -0.05) is 6.92 Å². The van der Waals surface area contributed by atoms with Crippen LogP contribution in [-0.4, -0.2) is 35.7 Å². The molecule has 0 aliphatic carbocycles. The lowest BCUT2D eigenvalue weighted by Crippen LogP contribution is -2.56. The van der Waals surface area contributed by atoms with Gasteiger partial charge in [0.25, 0.3) is 5.91 Å². The van der Waals surface area contributed by atoms with Crippen molar-refractivity contribution in [2.24, 2.45) is 5.92 Å². The summed E-state index contributed by atoms with van der Waals surface area (Å²) in [6.45, 7) is 8.24. The van der Waals surface area contributed by atoms with Gasteiger partial charge in [-0.15, -0.1) is 0 Å². The molecule has 2 N–H and O–H groups in total. The summed E-state index contributed by atoms with van der Waals surface area (Å²) in [5.41, 5.74) is 5.78. The first kappa shape index (κ1) is 16.5. The molecular weight excluding hydrogens is 306 g/mol. The van der Waals surface area contributed by atoms with Gasteiger partial charge < -0.3 is 10.2 Å². The van der Waals surface area contributed by atoms with Gasteiger partial charge in [0.05, 0.1) is 0 Å². The minimum atomic E-state index is -0.604. The molecule has 1 aromatic carbocycles. The molecule has 1 aromatic rings. The van der Waals surface area contributed by atoms with Gasteiger partial charge in [-0.25, -0.2) is 0 Å². The predicted octanol–water partition coefficient (Wildman–Crippen LogP) is 1.66. The molecule has 2 heterocycles. The van der Waals surface area contributed by atoms with Crippen LogP contribution in [0.3, 0.4) is 0 Å². The van der Waals surface area contributed by atoms with Crippen LogP contribution in [0.25, 0.3) is 0 Å². The first-order valence-electron chi connectivity index (χ1n) is 8.23. The second-order valence-corrected chi connectivity index (χ2v) is 6.83. The third-order valence-electron chi connectivity index (χ3n) is 5.45. The molecule has 2 unspecified atom stereocenters. The third kappa shape index (κ3) is 2.20. The maximum Gasteiger partial charge on any atom is 0.255 e. The minimum absolute atomic E-state index is 0.122. The van der Waals surface area contributed by atoms with Crippen LogP contribution in [0.15, 0.2) is 0 Å². The van der Waals surface area contributed by atoms with Gasteiger partial charge in [0.1, 0.15) is 6.04 Å². The Morgan fingerprint density at radius 1 is 1.08 bits per heavy atom. The first-order chi connectivity index (χ1) is 11.3. The van der Waals surface area contributed by atoms with Crippen LogP contribution in [0.2, 0.25) is 0 Å². The summed E-state index contributed by atoms with van der Waals surface area (Å²) in [5.74, 6) is -0.961. The Kier molecular flexibility index (Phi) is 3.86. The number of rotatable bonds is 2. The zero-order chi connectivity index (χ0) is 17.8. The van der Waals surface area contributed by atoms with Crippen LogP contribution >= 0.6 is 0 Å². The number of piperidine rings is 1. The average molecular weight is 329 g/mol. The highest BCUT2D eigenvalue weighted by Gasteiger charge is 2.44. The molecular formula is C18H23N3O3. The van der Waals surface area contributed by atoms with E-state index < -0.39 is 6.04 Å². The Morgan fingerprint density at radius 3 is 2.33 bits per heavy atom. The van der Waals surface area contributed by atoms with Gasteiger partial charge in [-0.05, 0) is 43.4 Å². The van der Waals surface area contributed by atoms with Gasteiger partial charge in [-0.2, -0.15) is 0 Å². The van der Waals surface area contributed by atoms with Crippen molar-refractivity contribution in [2.75, 3.05) is 12.4 Å². The van der Waals surface area contributed by atoms with Crippen molar-refractivity contribution in [3.63, 3.8) is 0 Å². The molecule has 24 heavy (non-hydrogen) atoms. The number of benzene rings is 1. The molecule has 1 fully saturated rings. The lowest BCUT2D eigenvalue weighted by molar-refractivity contribution is -0.139. The number of fused-ring (bicyclic) bond motifs is 1. The Hall–Kier alpha value is -2.37. The van der Waals surface area contributed by atoms with E-state index in [1.165, 1.54) is 0 Å². The molecule has 3 amide bonds. The highest BCUT2D eigenvalue weighted by Crippen LogP contribution is 2.39. The zero-order valence-electron chi connectivity index (χ0n) is 14.7. The third-order valence-corrected chi connectivity index (χ3v) is 5.45. The summed E-state index contributed by atoms with van der Waals surface area (Å²) in [6, 6.07) is -0.604. The standard InChI is InChI=1S/C18H23N3O3/c1-8-6-13(22)20-17(23)16(8)21-7-12-14(18(21)24)10(3)9(2)11(4)15(12)19-5/h8,16,19H,6-7H2,1-5H3,(H,20,22,23). The van der Waals surface area contributed by atoms with Crippen LogP contribution in [0.4, 0.5) is 5.69 Å². The van der Waals surface area contributed by atoms with Crippen molar-refractivity contribution >= 4 is 23.4 Å². The molecule has 128 valence electrons. The van der Waals surface area contributed by atoms with E-state index in [1.807, 2.05) is 34.7 Å². The highest BCUT2D eigenvalue weighted by molar-refractivity contribution is 6.07. The van der Waals surface area contributed by atoms with Crippen LogP contribution in [0.1, 0.15) is 46.0 Å². The number of nitrogens with one attached hydrogen (secondary N) is 2. The lowest BCUT2D eigenvalue weighted by Gasteiger charge is -2.34. The molecule has 0 bridgehead atoms. The Morgan fingerprint density at radius 2 is 1.75 bits per heavy atom. The van der Waals surface area contributed by atoms with Gasteiger partial charge >= 0.3 is 0 Å². The van der Waals surface area contributed by atoms with Crippen molar-refractivity contribution in [1.29, 1.82) is 0 Å². The lowest BCUT2D eigenvalue weighted by atomic mass is 9.92. The van der Waals surface area contributed by atoms with E-state index in [2.05, 4.69) is 10.6 Å². The van der Waals surface area contributed by atoms with Crippen LogP contribution in [0.5, 0.6) is 0 Å². The Labute approximate surface area is 141 Å². The summed E-state index contributed by atoms with van der Waals surface area (Å²) in [4.78, 5) is 38.5. The molecule has 2 aliphatic rings. The van der Waals surface area contributed by atoms with E-state index in [4.69, 9.17) is 0 Å². The van der Waals surface area contributed by atoms with Crippen molar-refractivity contribution in [3.8, 4) is 0 Å². The number of carbonyl (C=O) groups excluding carboxylic acids is 3. The van der Waals surface area contributed by atoms with Gasteiger partial charge in [-0.3, -0.25) is 19.7 Å². The molecule has 6 nitrogen and oxygen atoms in total. The number of amides is 3. The second kappa shape index (κ2) is 5.61. The van der Waals surface area contributed by atoms with E-state index in [0.29, 0.717) is 12.1 Å². The fourth-order valence-corrected chi connectivity index (χ4v) is 4.00. The molecule has 1 saturated heterocycles.